The molecule has 0 aromatic heterocycles. The molecule has 0 aromatic rings. The minimum absolute atomic E-state index is 0.0152. The number of carbonyl (C=O) groups excluding carboxylic acids is 1. The van der Waals surface area contributed by atoms with Crippen LogP contribution in [0, 0.1) is 0 Å². The molecule has 0 saturated heterocycles. The van der Waals surface area contributed by atoms with Gasteiger partial charge in [0.25, 0.3) is 7.82 Å². The molecule has 214 valence electrons. The Labute approximate surface area is 222 Å². The number of hydrogen-bond donors (Lipinski definition) is 0. The molecule has 0 aromatic carbocycles. The van der Waals surface area contributed by atoms with Crippen molar-refractivity contribution >= 4 is 39.0 Å². The van der Waals surface area contributed by atoms with Crippen LogP contribution >= 0.6 is 7.82 Å². The number of nitrogens with zero attached hydrogens (tertiary/aromatic N) is 1. The first-order valence-electron chi connectivity index (χ1n) is 12.3. The van der Waals surface area contributed by atoms with Crippen LogP contribution in [0.15, 0.2) is 12.2 Å². The number of esters is 1. The third-order valence-electron chi connectivity index (χ3n) is 4.32. The fraction of sp³-hybridized carbons (Fsp3) is 0.864. The van der Waals surface area contributed by atoms with Crippen LogP contribution in [0.3, 0.4) is 0 Å². The van der Waals surface area contributed by atoms with E-state index in [1.54, 1.807) is 0 Å². The van der Waals surface area contributed by atoms with Crippen molar-refractivity contribution in [3.05, 3.63) is 12.2 Å². The van der Waals surface area contributed by atoms with Crippen molar-refractivity contribution in [2.45, 2.75) is 71.3 Å². The summed E-state index contributed by atoms with van der Waals surface area (Å²) in [5.74, 6) is -0.647. The van der Waals surface area contributed by atoms with Gasteiger partial charge in [-0.1, -0.05) is 6.58 Å². The zero-order chi connectivity index (χ0) is 28.4. The van der Waals surface area contributed by atoms with Gasteiger partial charge in [0.15, 0.2) is 16.6 Å². The molecule has 36 heavy (non-hydrogen) atoms. The third kappa shape index (κ3) is 19.9. The van der Waals surface area contributed by atoms with Crippen LogP contribution in [0.2, 0.25) is 51.9 Å². The van der Waals surface area contributed by atoms with Crippen LogP contribution in [0.4, 0.5) is 0 Å². The van der Waals surface area contributed by atoms with Gasteiger partial charge in [0, 0.05) is 12.2 Å². The van der Waals surface area contributed by atoms with Crippen LogP contribution in [0.5, 0.6) is 0 Å². The van der Waals surface area contributed by atoms with Crippen molar-refractivity contribution in [3.63, 3.8) is 0 Å². The summed E-state index contributed by atoms with van der Waals surface area (Å²) in [6, 6.07) is 0.768. The lowest BCUT2D eigenvalue weighted by atomic mass is 10.3. The molecule has 0 heterocycles. The number of rotatable bonds is 19. The topological polar surface area (TPSA) is 113 Å². The van der Waals surface area contributed by atoms with E-state index >= 15 is 0 Å². The normalized spacial score (nSPS) is 15.9. The minimum atomic E-state index is -4.56. The lowest BCUT2D eigenvalue weighted by Crippen LogP contribution is -2.52. The monoisotopic (exact) mass is 587 g/mol. The summed E-state index contributed by atoms with van der Waals surface area (Å²) in [5, 5.41) is 0. The molecule has 0 fully saturated rings. The Balaban J connectivity index is 4.91. The van der Waals surface area contributed by atoms with Crippen LogP contribution in [0.1, 0.15) is 13.3 Å². The summed E-state index contributed by atoms with van der Waals surface area (Å²) < 4.78 is 46.6. The molecule has 0 aliphatic rings. The van der Waals surface area contributed by atoms with Crippen molar-refractivity contribution in [1.82, 2.24) is 0 Å². The first-order valence-corrected chi connectivity index (χ1v) is 23.1. The number of hydrogen-bond acceptors (Lipinski definition) is 9. The van der Waals surface area contributed by atoms with Gasteiger partial charge in [-0.05, 0) is 65.2 Å². The van der Waals surface area contributed by atoms with E-state index in [1.807, 2.05) is 21.1 Å². The number of likely N-dealkylation sites (N-methyl/N-ethyl adjacent to an activating group) is 1. The van der Waals surface area contributed by atoms with E-state index in [2.05, 4.69) is 52.4 Å². The predicted octanol–water partition coefficient (Wildman–Crippen LogP) is 3.86. The molecular formula is C22H50NO9PSi3. The zero-order valence-corrected chi connectivity index (χ0v) is 28.2. The maximum absolute atomic E-state index is 12.1. The first kappa shape index (κ1) is 35.8. The zero-order valence-electron chi connectivity index (χ0n) is 24.3. The molecule has 0 aliphatic heterocycles. The van der Waals surface area contributed by atoms with Crippen molar-refractivity contribution in [2.24, 2.45) is 0 Å². The standard InChI is InChI=1S/C22H50NO9PSi3/c1-20(2)22(24)30-21(19-29-33(25,26)28-16-14-23(3,4)5)18-27-15-13-17-36(12,31-34(6,7)8)32-35(9,10)11/h21H,1,13-19H2,2-12H3. The number of phosphoric acid groups is 1. The van der Waals surface area contributed by atoms with E-state index in [4.69, 9.17) is 26.8 Å². The fourth-order valence-corrected chi connectivity index (χ4v) is 16.4. The lowest BCUT2D eigenvalue weighted by Gasteiger charge is -2.38. The summed E-state index contributed by atoms with van der Waals surface area (Å²) in [5.41, 5.74) is 0.193. The van der Waals surface area contributed by atoms with Crippen LogP contribution in [0.25, 0.3) is 0 Å². The highest BCUT2D eigenvalue weighted by Crippen LogP contribution is 2.38. The highest BCUT2D eigenvalue weighted by molar-refractivity contribution is 7.45. The molecule has 0 amide bonds. The molecule has 2 unspecified atom stereocenters. The SMILES string of the molecule is C=C(C)C(=O)OC(COCCC[Si](C)(O[Si](C)(C)C)O[Si](C)(C)C)COP(=O)([O-])OCC[N+](C)(C)C. The van der Waals surface area contributed by atoms with Crippen molar-refractivity contribution < 1.29 is 45.5 Å². The van der Waals surface area contributed by atoms with Gasteiger partial charge < -0.3 is 36.1 Å². The molecule has 0 aliphatic carbocycles. The van der Waals surface area contributed by atoms with Crippen molar-refractivity contribution in [3.8, 4) is 0 Å². The van der Waals surface area contributed by atoms with Gasteiger partial charge in [-0.25, -0.2) is 4.79 Å². The Kier molecular flexibility index (Phi) is 14.7. The van der Waals surface area contributed by atoms with Gasteiger partial charge in [-0.15, -0.1) is 0 Å². The lowest BCUT2D eigenvalue weighted by molar-refractivity contribution is -0.870. The third-order valence-corrected chi connectivity index (χ3v) is 14.9. The van der Waals surface area contributed by atoms with Gasteiger partial charge in [0.1, 0.15) is 19.3 Å². The summed E-state index contributed by atoms with van der Waals surface area (Å²) >= 11 is 0. The van der Waals surface area contributed by atoms with Crippen LogP contribution in [-0.4, -0.2) is 95.9 Å². The van der Waals surface area contributed by atoms with E-state index in [9.17, 15) is 14.3 Å². The van der Waals surface area contributed by atoms with E-state index in [0.29, 0.717) is 24.1 Å². The van der Waals surface area contributed by atoms with Crippen LogP contribution in [-0.2, 0) is 36.1 Å². The summed E-state index contributed by atoms with van der Waals surface area (Å²) in [6.07, 6.45) is -0.230. The average Bonchev–Trinajstić information content (AvgIpc) is 2.60. The minimum Gasteiger partial charge on any atom is -0.756 e. The molecule has 0 bridgehead atoms. The molecule has 0 spiro atoms. The van der Waals surface area contributed by atoms with E-state index in [-0.39, 0.29) is 18.8 Å². The molecule has 10 nitrogen and oxygen atoms in total. The smallest absolute Gasteiger partial charge is 0.333 e. The maximum Gasteiger partial charge on any atom is 0.333 e. The van der Waals surface area contributed by atoms with Gasteiger partial charge in [-0.3, -0.25) is 4.57 Å². The summed E-state index contributed by atoms with van der Waals surface area (Å²) in [7, 11) is -4.75. The Bertz CT molecular complexity index is 733. The molecule has 0 rings (SSSR count). The molecule has 0 saturated carbocycles. The molecular weight excluding hydrogens is 537 g/mol. The Hall–Kier alpha value is -0.189. The van der Waals surface area contributed by atoms with E-state index in [1.165, 1.54) is 6.92 Å². The van der Waals surface area contributed by atoms with Gasteiger partial charge in [-0.2, -0.15) is 0 Å². The Morgan fingerprint density at radius 3 is 1.92 bits per heavy atom. The van der Waals surface area contributed by atoms with Gasteiger partial charge in [0.05, 0.1) is 34.4 Å². The van der Waals surface area contributed by atoms with Gasteiger partial charge in [0.2, 0.25) is 0 Å². The summed E-state index contributed by atoms with van der Waals surface area (Å²) in [4.78, 5) is 24.1. The second kappa shape index (κ2) is 14.8. The highest BCUT2D eigenvalue weighted by atomic mass is 31.2. The van der Waals surface area contributed by atoms with E-state index < -0.39 is 51.7 Å². The van der Waals surface area contributed by atoms with E-state index in [0.717, 1.165) is 6.04 Å². The summed E-state index contributed by atoms with van der Waals surface area (Å²) in [6.45, 7) is 20.5. The number of ether oxygens (including phenoxy) is 2. The second-order valence-electron chi connectivity index (χ2n) is 12.1. The van der Waals surface area contributed by atoms with Gasteiger partial charge >= 0.3 is 14.5 Å². The second-order valence-corrected chi connectivity index (χ2v) is 26.4. The number of quaternary nitrogens is 1. The first-order chi connectivity index (χ1) is 16.0. The Morgan fingerprint density at radius 1 is 0.944 bits per heavy atom. The maximum atomic E-state index is 12.1. The largest absolute Gasteiger partial charge is 0.756 e. The van der Waals surface area contributed by atoms with Crippen molar-refractivity contribution in [2.75, 3.05) is 54.1 Å². The fourth-order valence-electron chi connectivity index (χ4n) is 3.13. The highest BCUT2D eigenvalue weighted by Gasteiger charge is 2.39. The molecule has 2 atom stereocenters. The molecule has 0 radical (unpaired) electrons. The number of phosphoric ester groups is 1. The number of carbonyl (C=O) groups is 1. The Morgan fingerprint density at radius 2 is 1.47 bits per heavy atom. The van der Waals surface area contributed by atoms with Crippen molar-refractivity contribution in [1.29, 1.82) is 0 Å². The molecule has 14 heteroatoms. The predicted molar refractivity (Wildman–Crippen MR) is 148 cm³/mol. The van der Waals surface area contributed by atoms with Crippen LogP contribution < -0.4 is 4.89 Å². The average molecular weight is 588 g/mol. The molecule has 0 N–H and O–H groups in total. The quantitative estimate of drug-likeness (QED) is 0.0555.